The molecule has 2 atom stereocenters. The molecule has 0 aromatic heterocycles. The molecule has 310 valence electrons. The standard InChI is InChI=1S/C24H34F2N2O3.C16H28F2N2O.2ClH/c25-24(26)13-21(14-24)17-30-16-20-7-4-10-28(15-20)22-8-11-27(12-9-22)23(29)31-18-19-5-2-1-3-6-19;17-16(18)8-14(9-16)12-21-11-13-2-1-7-20(10-13)15-3-5-19-6-4-15;;/h1-3,5-6,20-22H,4,7-18H2;13-15,19H,1-12H2;2*1H/t20-;13-;;/m11../s1. The average Bonchev–Trinajstić information content (AvgIpc) is 3.14. The summed E-state index contributed by atoms with van der Waals surface area (Å²) in [6, 6.07) is 11.0. The maximum atomic E-state index is 12.9. The first-order chi connectivity index (χ1) is 25.1. The third-order valence-corrected chi connectivity index (χ3v) is 12.1. The Bertz CT molecular complexity index is 1210. The van der Waals surface area contributed by atoms with E-state index in [0.717, 1.165) is 89.7 Å². The van der Waals surface area contributed by atoms with Crippen LogP contribution >= 0.6 is 24.8 Å². The second kappa shape index (κ2) is 21.9. The number of carbonyl (C=O) groups is 1. The van der Waals surface area contributed by atoms with Crippen molar-refractivity contribution in [1.82, 2.24) is 20.0 Å². The average molecular weight is 812 g/mol. The van der Waals surface area contributed by atoms with Gasteiger partial charge in [0.05, 0.1) is 13.2 Å². The Morgan fingerprint density at radius 1 is 0.648 bits per heavy atom. The van der Waals surface area contributed by atoms with Crippen LogP contribution in [0.4, 0.5) is 22.4 Å². The van der Waals surface area contributed by atoms with Crippen LogP contribution in [0.5, 0.6) is 0 Å². The quantitative estimate of drug-likeness (QED) is 0.216. The predicted octanol–water partition coefficient (Wildman–Crippen LogP) is 7.92. The fourth-order valence-corrected chi connectivity index (χ4v) is 9.13. The van der Waals surface area contributed by atoms with E-state index in [2.05, 4.69) is 15.1 Å². The molecule has 2 aliphatic carbocycles. The Hall–Kier alpha value is -1.41. The van der Waals surface area contributed by atoms with Crippen molar-refractivity contribution < 1.29 is 36.6 Å². The molecule has 1 aromatic rings. The zero-order valence-corrected chi connectivity index (χ0v) is 33.5. The zero-order valence-electron chi connectivity index (χ0n) is 31.8. The summed E-state index contributed by atoms with van der Waals surface area (Å²) in [6.45, 7) is 10.9. The molecule has 1 amide bonds. The highest BCUT2D eigenvalue weighted by Crippen LogP contribution is 2.43. The normalized spacial score (nSPS) is 26.9. The molecule has 0 spiro atoms. The van der Waals surface area contributed by atoms with Crippen LogP contribution in [-0.4, -0.2) is 124 Å². The number of amides is 1. The summed E-state index contributed by atoms with van der Waals surface area (Å²) in [5.41, 5.74) is 0.998. The molecule has 0 bridgehead atoms. The van der Waals surface area contributed by atoms with Gasteiger partial charge in [0.2, 0.25) is 11.8 Å². The molecule has 6 aliphatic rings. The van der Waals surface area contributed by atoms with Crippen LogP contribution in [0.15, 0.2) is 30.3 Å². The number of hydrogen-bond acceptors (Lipinski definition) is 7. The van der Waals surface area contributed by atoms with Crippen molar-refractivity contribution in [3.63, 3.8) is 0 Å². The predicted molar refractivity (Wildman–Crippen MR) is 207 cm³/mol. The van der Waals surface area contributed by atoms with E-state index in [4.69, 9.17) is 14.2 Å². The molecule has 7 rings (SSSR count). The molecular weight excluding hydrogens is 747 g/mol. The van der Waals surface area contributed by atoms with E-state index >= 15 is 0 Å². The van der Waals surface area contributed by atoms with E-state index in [1.807, 2.05) is 35.2 Å². The monoisotopic (exact) mass is 810 g/mol. The lowest BCUT2D eigenvalue weighted by Crippen LogP contribution is -2.50. The molecule has 54 heavy (non-hydrogen) atoms. The van der Waals surface area contributed by atoms with Crippen molar-refractivity contribution in [2.24, 2.45) is 23.7 Å². The number of hydrogen-bond donors (Lipinski definition) is 1. The van der Waals surface area contributed by atoms with Gasteiger partial charge in [-0.2, -0.15) is 0 Å². The van der Waals surface area contributed by atoms with Crippen molar-refractivity contribution in [2.75, 3.05) is 78.8 Å². The van der Waals surface area contributed by atoms with Gasteiger partial charge in [-0.3, -0.25) is 9.80 Å². The molecule has 1 N–H and O–H groups in total. The number of ether oxygens (including phenoxy) is 3. The molecule has 2 saturated carbocycles. The molecule has 14 heteroatoms. The number of piperidine rings is 4. The molecule has 0 unspecified atom stereocenters. The van der Waals surface area contributed by atoms with Crippen LogP contribution in [0.1, 0.15) is 82.6 Å². The summed E-state index contributed by atoms with van der Waals surface area (Å²) in [5.74, 6) is -3.69. The molecule has 0 radical (unpaired) electrons. The van der Waals surface area contributed by atoms with Crippen LogP contribution < -0.4 is 5.32 Å². The van der Waals surface area contributed by atoms with Crippen LogP contribution in [0, 0.1) is 23.7 Å². The maximum absolute atomic E-state index is 12.9. The van der Waals surface area contributed by atoms with Gasteiger partial charge in [-0.25, -0.2) is 22.4 Å². The largest absolute Gasteiger partial charge is 0.445 e. The van der Waals surface area contributed by atoms with Gasteiger partial charge in [-0.05, 0) is 107 Å². The van der Waals surface area contributed by atoms with Gasteiger partial charge in [0.1, 0.15) is 6.61 Å². The van der Waals surface area contributed by atoms with Crippen molar-refractivity contribution in [3.05, 3.63) is 35.9 Å². The number of benzene rings is 1. The molecule has 6 fully saturated rings. The van der Waals surface area contributed by atoms with E-state index in [9.17, 15) is 22.4 Å². The van der Waals surface area contributed by atoms with E-state index in [0.29, 0.717) is 44.3 Å². The third-order valence-electron chi connectivity index (χ3n) is 12.1. The number of nitrogens with zero attached hydrogens (tertiary/aromatic N) is 3. The second-order valence-electron chi connectivity index (χ2n) is 16.6. The fourth-order valence-electron chi connectivity index (χ4n) is 9.13. The van der Waals surface area contributed by atoms with Gasteiger partial charge in [0.15, 0.2) is 0 Å². The molecular formula is C40H64Cl2F4N4O4. The minimum Gasteiger partial charge on any atom is -0.445 e. The number of alkyl halides is 4. The van der Waals surface area contributed by atoms with Crippen LogP contribution in [-0.2, 0) is 20.8 Å². The minimum absolute atomic E-state index is 0. The van der Waals surface area contributed by atoms with Gasteiger partial charge in [0.25, 0.3) is 0 Å². The molecule has 4 saturated heterocycles. The van der Waals surface area contributed by atoms with Crippen LogP contribution in [0.3, 0.4) is 0 Å². The topological polar surface area (TPSA) is 66.5 Å². The first kappa shape index (κ1) is 45.3. The lowest BCUT2D eigenvalue weighted by atomic mass is 9.82. The SMILES string of the molecule is Cl.Cl.FC1(F)CC(COC[C@@H]2CCCN(C3CCNCC3)C2)C1.O=C(OCc1ccccc1)N1CCC(N2CCC[C@@H](COCC3CC(F)(F)C3)C2)CC1. The summed E-state index contributed by atoms with van der Waals surface area (Å²) in [6.07, 6.45) is 8.99. The second-order valence-corrected chi connectivity index (χ2v) is 16.6. The summed E-state index contributed by atoms with van der Waals surface area (Å²) >= 11 is 0. The molecule has 1 aromatic carbocycles. The molecule has 4 aliphatic heterocycles. The number of halogens is 6. The summed E-state index contributed by atoms with van der Waals surface area (Å²) in [7, 11) is 0. The number of likely N-dealkylation sites (tertiary alicyclic amines) is 3. The summed E-state index contributed by atoms with van der Waals surface area (Å²) < 4.78 is 68.4. The van der Waals surface area contributed by atoms with Crippen molar-refractivity contribution in [1.29, 1.82) is 0 Å². The van der Waals surface area contributed by atoms with Gasteiger partial charge < -0.3 is 24.4 Å². The van der Waals surface area contributed by atoms with Crippen LogP contribution in [0.2, 0.25) is 0 Å². The number of nitrogens with one attached hydrogen (secondary N) is 1. The number of rotatable bonds is 12. The smallest absolute Gasteiger partial charge is 0.410 e. The Labute approximate surface area is 332 Å². The van der Waals surface area contributed by atoms with E-state index in [1.54, 1.807) is 0 Å². The molecule has 8 nitrogen and oxygen atoms in total. The van der Waals surface area contributed by atoms with Crippen molar-refractivity contribution in [3.8, 4) is 0 Å². The summed E-state index contributed by atoms with van der Waals surface area (Å²) in [5, 5.41) is 3.42. The lowest BCUT2D eigenvalue weighted by molar-refractivity contribution is -0.131. The summed E-state index contributed by atoms with van der Waals surface area (Å²) in [4.78, 5) is 19.4. The maximum Gasteiger partial charge on any atom is 0.410 e. The van der Waals surface area contributed by atoms with E-state index in [-0.39, 0.29) is 68.4 Å². The first-order valence-electron chi connectivity index (χ1n) is 20.2. The van der Waals surface area contributed by atoms with Crippen molar-refractivity contribution in [2.45, 2.75) is 108 Å². The highest BCUT2D eigenvalue weighted by Gasteiger charge is 2.46. The fraction of sp³-hybridized carbons (Fsp3) is 0.825. The molecule has 4 heterocycles. The Morgan fingerprint density at radius 3 is 1.59 bits per heavy atom. The van der Waals surface area contributed by atoms with E-state index in [1.165, 1.54) is 32.2 Å². The lowest BCUT2D eigenvalue weighted by Gasteiger charge is -2.42. The van der Waals surface area contributed by atoms with E-state index < -0.39 is 11.8 Å². The number of carbonyl (C=O) groups excluding carboxylic acids is 1. The zero-order chi connectivity index (χ0) is 36.4. The highest BCUT2D eigenvalue weighted by molar-refractivity contribution is 5.85. The minimum atomic E-state index is -2.46. The van der Waals surface area contributed by atoms with Gasteiger partial charge in [-0.1, -0.05) is 30.3 Å². The Kier molecular flexibility index (Phi) is 18.4. The van der Waals surface area contributed by atoms with Crippen LogP contribution in [0.25, 0.3) is 0 Å². The third kappa shape index (κ3) is 14.2. The van der Waals surface area contributed by atoms with Crippen molar-refractivity contribution >= 4 is 30.9 Å². The van der Waals surface area contributed by atoms with Gasteiger partial charge in [-0.15, -0.1) is 24.8 Å². The Balaban J connectivity index is 0.000000248. The van der Waals surface area contributed by atoms with Gasteiger partial charge in [0, 0.05) is 77.2 Å². The highest BCUT2D eigenvalue weighted by atomic mass is 35.5. The first-order valence-corrected chi connectivity index (χ1v) is 20.2. The van der Waals surface area contributed by atoms with Gasteiger partial charge >= 0.3 is 6.09 Å². The Morgan fingerprint density at radius 2 is 1.11 bits per heavy atom.